The SMILES string of the molecule is NC1(CN2CCN(c3ccc(Cl)cc3)CC2)CCOCC1. The van der Waals surface area contributed by atoms with Crippen LogP contribution in [-0.2, 0) is 4.74 Å². The van der Waals surface area contributed by atoms with Crippen molar-refractivity contribution < 1.29 is 4.74 Å². The summed E-state index contributed by atoms with van der Waals surface area (Å²) in [6.45, 7) is 6.85. The lowest BCUT2D eigenvalue weighted by atomic mass is 9.90. The minimum Gasteiger partial charge on any atom is -0.381 e. The van der Waals surface area contributed by atoms with Crippen molar-refractivity contribution in [2.75, 3.05) is 50.8 Å². The summed E-state index contributed by atoms with van der Waals surface area (Å²) in [7, 11) is 0. The molecule has 2 aliphatic rings. The average Bonchev–Trinajstić information content (AvgIpc) is 2.49. The minimum absolute atomic E-state index is 0.0549. The van der Waals surface area contributed by atoms with Crippen molar-refractivity contribution in [1.29, 1.82) is 0 Å². The molecule has 0 radical (unpaired) electrons. The number of ether oxygens (including phenoxy) is 1. The molecule has 0 unspecified atom stereocenters. The van der Waals surface area contributed by atoms with Crippen LogP contribution in [0.4, 0.5) is 5.69 Å². The monoisotopic (exact) mass is 309 g/mol. The van der Waals surface area contributed by atoms with Gasteiger partial charge in [-0.15, -0.1) is 0 Å². The Morgan fingerprint density at radius 3 is 2.29 bits per heavy atom. The Bertz CT molecular complexity index is 451. The van der Waals surface area contributed by atoms with Crippen LogP contribution in [0.5, 0.6) is 0 Å². The molecule has 0 atom stereocenters. The van der Waals surface area contributed by atoms with Gasteiger partial charge in [-0.3, -0.25) is 4.90 Å². The van der Waals surface area contributed by atoms with Crippen LogP contribution in [0.15, 0.2) is 24.3 Å². The van der Waals surface area contributed by atoms with Crippen LogP contribution in [0.2, 0.25) is 5.02 Å². The van der Waals surface area contributed by atoms with Gasteiger partial charge in [-0.25, -0.2) is 0 Å². The van der Waals surface area contributed by atoms with Gasteiger partial charge in [-0.1, -0.05) is 11.6 Å². The fraction of sp³-hybridized carbons (Fsp3) is 0.625. The van der Waals surface area contributed by atoms with Crippen molar-refractivity contribution in [2.24, 2.45) is 5.73 Å². The van der Waals surface area contributed by atoms with Crippen LogP contribution < -0.4 is 10.6 Å². The number of benzene rings is 1. The zero-order valence-electron chi connectivity index (χ0n) is 12.4. The van der Waals surface area contributed by atoms with E-state index in [0.717, 1.165) is 63.8 Å². The number of rotatable bonds is 3. The predicted octanol–water partition coefficient (Wildman–Crippen LogP) is 1.97. The van der Waals surface area contributed by atoms with E-state index in [4.69, 9.17) is 22.1 Å². The molecule has 2 fully saturated rings. The largest absolute Gasteiger partial charge is 0.381 e. The van der Waals surface area contributed by atoms with Crippen LogP contribution in [0.25, 0.3) is 0 Å². The number of piperazine rings is 1. The summed E-state index contributed by atoms with van der Waals surface area (Å²) in [4.78, 5) is 4.91. The first-order valence-electron chi connectivity index (χ1n) is 7.74. The summed E-state index contributed by atoms with van der Waals surface area (Å²) in [6.07, 6.45) is 1.95. The third kappa shape index (κ3) is 3.89. The fourth-order valence-corrected chi connectivity index (χ4v) is 3.32. The molecule has 0 spiro atoms. The molecule has 3 rings (SSSR count). The van der Waals surface area contributed by atoms with Crippen molar-refractivity contribution in [1.82, 2.24) is 4.90 Å². The van der Waals surface area contributed by atoms with Gasteiger partial charge >= 0.3 is 0 Å². The molecule has 1 aromatic rings. The van der Waals surface area contributed by atoms with Gasteiger partial charge in [-0.05, 0) is 37.1 Å². The molecule has 2 aliphatic heterocycles. The van der Waals surface area contributed by atoms with Crippen molar-refractivity contribution in [3.05, 3.63) is 29.3 Å². The van der Waals surface area contributed by atoms with Crippen molar-refractivity contribution in [2.45, 2.75) is 18.4 Å². The molecule has 5 heteroatoms. The van der Waals surface area contributed by atoms with E-state index in [1.165, 1.54) is 5.69 Å². The Morgan fingerprint density at radius 1 is 1.05 bits per heavy atom. The van der Waals surface area contributed by atoms with E-state index in [-0.39, 0.29) is 5.54 Å². The molecule has 0 bridgehead atoms. The molecule has 116 valence electrons. The Labute approximate surface area is 131 Å². The molecule has 2 N–H and O–H groups in total. The maximum atomic E-state index is 6.50. The van der Waals surface area contributed by atoms with Gasteiger partial charge in [0.25, 0.3) is 0 Å². The molecular formula is C16H24ClN3O. The van der Waals surface area contributed by atoms with E-state index in [0.29, 0.717) is 0 Å². The van der Waals surface area contributed by atoms with Crippen molar-refractivity contribution in [3.63, 3.8) is 0 Å². The van der Waals surface area contributed by atoms with E-state index in [9.17, 15) is 0 Å². The lowest BCUT2D eigenvalue weighted by Crippen LogP contribution is -2.57. The Kier molecular flexibility index (Phi) is 4.69. The van der Waals surface area contributed by atoms with E-state index < -0.39 is 0 Å². The highest BCUT2D eigenvalue weighted by Gasteiger charge is 2.31. The smallest absolute Gasteiger partial charge is 0.0484 e. The third-order valence-corrected chi connectivity index (χ3v) is 4.84. The second kappa shape index (κ2) is 6.53. The molecule has 0 amide bonds. The highest BCUT2D eigenvalue weighted by Crippen LogP contribution is 2.22. The molecule has 0 aromatic heterocycles. The van der Waals surface area contributed by atoms with Crippen LogP contribution in [0.1, 0.15) is 12.8 Å². The van der Waals surface area contributed by atoms with Gasteiger partial charge in [0, 0.05) is 62.2 Å². The van der Waals surface area contributed by atoms with Crippen LogP contribution in [-0.4, -0.2) is 56.4 Å². The van der Waals surface area contributed by atoms with Gasteiger partial charge in [0.1, 0.15) is 0 Å². The number of anilines is 1. The first kappa shape index (κ1) is 15.1. The lowest BCUT2D eigenvalue weighted by Gasteiger charge is -2.42. The van der Waals surface area contributed by atoms with Crippen LogP contribution >= 0.6 is 11.6 Å². The maximum absolute atomic E-state index is 6.50. The van der Waals surface area contributed by atoms with Crippen LogP contribution in [0, 0.1) is 0 Å². The highest BCUT2D eigenvalue weighted by molar-refractivity contribution is 6.30. The number of halogens is 1. The zero-order chi connectivity index (χ0) is 14.7. The molecular weight excluding hydrogens is 286 g/mol. The lowest BCUT2D eigenvalue weighted by molar-refractivity contribution is 0.0369. The molecule has 2 saturated heterocycles. The quantitative estimate of drug-likeness (QED) is 0.927. The van der Waals surface area contributed by atoms with Crippen molar-refractivity contribution >= 4 is 17.3 Å². The Balaban J connectivity index is 1.51. The first-order valence-corrected chi connectivity index (χ1v) is 8.12. The second-order valence-electron chi connectivity index (χ2n) is 6.21. The molecule has 0 saturated carbocycles. The average molecular weight is 310 g/mol. The van der Waals surface area contributed by atoms with Gasteiger partial charge in [0.15, 0.2) is 0 Å². The first-order chi connectivity index (χ1) is 10.1. The summed E-state index contributed by atoms with van der Waals surface area (Å²) in [5.74, 6) is 0. The minimum atomic E-state index is -0.0549. The van der Waals surface area contributed by atoms with E-state index in [1.807, 2.05) is 12.1 Å². The molecule has 4 nitrogen and oxygen atoms in total. The third-order valence-electron chi connectivity index (χ3n) is 4.59. The van der Waals surface area contributed by atoms with E-state index in [2.05, 4.69) is 21.9 Å². The van der Waals surface area contributed by atoms with Gasteiger partial charge < -0.3 is 15.4 Å². The Hall–Kier alpha value is -0.810. The standard InChI is InChI=1S/C16H24ClN3O/c17-14-1-3-15(4-2-14)20-9-7-19(8-10-20)13-16(18)5-11-21-12-6-16/h1-4H,5-13,18H2. The maximum Gasteiger partial charge on any atom is 0.0484 e. The van der Waals surface area contributed by atoms with Crippen LogP contribution in [0.3, 0.4) is 0 Å². The molecule has 2 heterocycles. The van der Waals surface area contributed by atoms with E-state index in [1.54, 1.807) is 0 Å². The second-order valence-corrected chi connectivity index (χ2v) is 6.65. The summed E-state index contributed by atoms with van der Waals surface area (Å²) < 4.78 is 5.42. The number of nitrogens with two attached hydrogens (primary N) is 1. The Morgan fingerprint density at radius 2 is 1.67 bits per heavy atom. The number of nitrogens with zero attached hydrogens (tertiary/aromatic N) is 2. The predicted molar refractivity (Wildman–Crippen MR) is 87.1 cm³/mol. The van der Waals surface area contributed by atoms with Gasteiger partial charge in [0.05, 0.1) is 0 Å². The number of hydrogen-bond acceptors (Lipinski definition) is 4. The summed E-state index contributed by atoms with van der Waals surface area (Å²) >= 11 is 5.95. The topological polar surface area (TPSA) is 41.7 Å². The summed E-state index contributed by atoms with van der Waals surface area (Å²) in [5.41, 5.74) is 7.70. The zero-order valence-corrected chi connectivity index (χ0v) is 13.2. The molecule has 21 heavy (non-hydrogen) atoms. The van der Waals surface area contributed by atoms with Crippen molar-refractivity contribution in [3.8, 4) is 0 Å². The molecule has 1 aromatic carbocycles. The fourth-order valence-electron chi connectivity index (χ4n) is 3.20. The summed E-state index contributed by atoms with van der Waals surface area (Å²) in [5, 5.41) is 0.793. The summed E-state index contributed by atoms with van der Waals surface area (Å²) in [6, 6.07) is 8.11. The van der Waals surface area contributed by atoms with Gasteiger partial charge in [0.2, 0.25) is 0 Å². The normalized spacial score (nSPS) is 23.2. The number of hydrogen-bond donors (Lipinski definition) is 1. The van der Waals surface area contributed by atoms with E-state index >= 15 is 0 Å². The molecule has 0 aliphatic carbocycles. The highest BCUT2D eigenvalue weighted by atomic mass is 35.5. The van der Waals surface area contributed by atoms with Gasteiger partial charge in [-0.2, -0.15) is 0 Å².